The second-order valence-electron chi connectivity index (χ2n) is 6.92. The number of anilines is 6. The van der Waals surface area contributed by atoms with Gasteiger partial charge in [0, 0.05) is 29.1 Å². The first-order valence-electron chi connectivity index (χ1n) is 9.09. The molecule has 0 atom stereocenters. The van der Waals surface area contributed by atoms with Gasteiger partial charge in [-0.1, -0.05) is 0 Å². The number of aryl methyl sites for hydroxylation is 2. The second kappa shape index (κ2) is 7.18. The van der Waals surface area contributed by atoms with Crippen molar-refractivity contribution in [3.05, 3.63) is 41.7 Å². The van der Waals surface area contributed by atoms with Crippen molar-refractivity contribution in [2.45, 2.75) is 26.7 Å². The van der Waals surface area contributed by atoms with Gasteiger partial charge in [-0.05, 0) is 51.0 Å². The number of hydrogen-bond donors (Lipinski definition) is 5. The number of hydrogen-bond acceptors (Lipinski definition) is 7. The van der Waals surface area contributed by atoms with E-state index in [-0.39, 0.29) is 11.8 Å². The van der Waals surface area contributed by atoms with Crippen LogP contribution in [-0.4, -0.2) is 26.1 Å². The minimum atomic E-state index is 0.0857. The molecule has 0 aliphatic heterocycles. The molecule has 2 aromatic heterocycles. The summed E-state index contributed by atoms with van der Waals surface area (Å²) in [4.78, 5) is 20.7. The third-order valence-electron chi connectivity index (χ3n) is 4.45. The summed E-state index contributed by atoms with van der Waals surface area (Å²) in [6.07, 6.45) is 1.96. The van der Waals surface area contributed by atoms with Crippen LogP contribution in [0.1, 0.15) is 24.2 Å². The van der Waals surface area contributed by atoms with Gasteiger partial charge >= 0.3 is 0 Å². The van der Waals surface area contributed by atoms with E-state index in [1.165, 1.54) is 0 Å². The molecular weight excluding hydrogens is 356 g/mol. The fourth-order valence-corrected chi connectivity index (χ4v) is 2.69. The van der Waals surface area contributed by atoms with E-state index in [0.29, 0.717) is 29.0 Å². The highest BCUT2D eigenvalue weighted by Crippen LogP contribution is 2.30. The van der Waals surface area contributed by atoms with E-state index in [2.05, 4.69) is 36.1 Å². The van der Waals surface area contributed by atoms with E-state index < -0.39 is 0 Å². The first-order chi connectivity index (χ1) is 13.5. The number of aromatic nitrogens is 4. The summed E-state index contributed by atoms with van der Waals surface area (Å²) in [6, 6.07) is 9.28. The SMILES string of the molecule is Cc1cc(Nc2nc(Nc3ccc(NC(=O)C4CC4)cc3)nc(C)c2N)n[nH]1. The zero-order chi connectivity index (χ0) is 19.7. The molecule has 9 heteroatoms. The summed E-state index contributed by atoms with van der Waals surface area (Å²) in [5.74, 6) is 1.78. The standard InChI is InChI=1S/C19H22N8O/c1-10-9-15(27-26-10)24-17-16(20)11(2)21-19(25-17)23-14-7-5-13(6-8-14)22-18(28)12-3-4-12/h5-9,12H,3-4,20H2,1-2H3,(H,22,28)(H3,21,23,24,25,26,27). The fourth-order valence-electron chi connectivity index (χ4n) is 2.69. The van der Waals surface area contributed by atoms with Gasteiger partial charge in [-0.25, -0.2) is 4.98 Å². The molecule has 1 saturated carbocycles. The molecule has 6 N–H and O–H groups in total. The van der Waals surface area contributed by atoms with Crippen molar-refractivity contribution in [3.8, 4) is 0 Å². The Morgan fingerprint density at radius 3 is 2.46 bits per heavy atom. The predicted molar refractivity (Wildman–Crippen MR) is 109 cm³/mol. The lowest BCUT2D eigenvalue weighted by Gasteiger charge is -2.12. The smallest absolute Gasteiger partial charge is 0.229 e. The zero-order valence-corrected chi connectivity index (χ0v) is 15.7. The number of carbonyl (C=O) groups excluding carboxylic acids is 1. The molecule has 144 valence electrons. The maximum Gasteiger partial charge on any atom is 0.229 e. The highest BCUT2D eigenvalue weighted by molar-refractivity contribution is 5.94. The first kappa shape index (κ1) is 17.8. The van der Waals surface area contributed by atoms with Gasteiger partial charge in [-0.2, -0.15) is 10.1 Å². The van der Waals surface area contributed by atoms with Crippen LogP contribution in [-0.2, 0) is 4.79 Å². The summed E-state index contributed by atoms with van der Waals surface area (Å²) in [5.41, 5.74) is 9.72. The third-order valence-corrected chi connectivity index (χ3v) is 4.45. The molecule has 28 heavy (non-hydrogen) atoms. The molecule has 0 bridgehead atoms. The van der Waals surface area contributed by atoms with Gasteiger partial charge in [0.2, 0.25) is 11.9 Å². The lowest BCUT2D eigenvalue weighted by molar-refractivity contribution is -0.117. The number of rotatable bonds is 6. The van der Waals surface area contributed by atoms with Crippen molar-refractivity contribution in [2.75, 3.05) is 21.7 Å². The molecule has 0 saturated heterocycles. The van der Waals surface area contributed by atoms with Gasteiger partial charge in [0.15, 0.2) is 11.6 Å². The van der Waals surface area contributed by atoms with E-state index >= 15 is 0 Å². The molecular formula is C19H22N8O. The molecule has 1 fully saturated rings. The van der Waals surface area contributed by atoms with Crippen molar-refractivity contribution in [1.29, 1.82) is 0 Å². The van der Waals surface area contributed by atoms with Gasteiger partial charge in [-0.15, -0.1) is 0 Å². The van der Waals surface area contributed by atoms with Gasteiger partial charge in [-0.3, -0.25) is 9.89 Å². The Labute approximate surface area is 162 Å². The number of benzene rings is 1. The molecule has 2 heterocycles. The van der Waals surface area contributed by atoms with Gasteiger partial charge < -0.3 is 21.7 Å². The van der Waals surface area contributed by atoms with Crippen LogP contribution in [0.3, 0.4) is 0 Å². The van der Waals surface area contributed by atoms with E-state index in [9.17, 15) is 4.79 Å². The summed E-state index contributed by atoms with van der Waals surface area (Å²) in [5, 5.41) is 16.2. The average Bonchev–Trinajstić information content (AvgIpc) is 3.44. The maximum absolute atomic E-state index is 11.8. The van der Waals surface area contributed by atoms with Crippen LogP contribution in [0.15, 0.2) is 30.3 Å². The number of nitrogen functional groups attached to an aromatic ring is 1. The van der Waals surface area contributed by atoms with Crippen molar-refractivity contribution in [1.82, 2.24) is 20.2 Å². The maximum atomic E-state index is 11.8. The Morgan fingerprint density at radius 1 is 1.11 bits per heavy atom. The van der Waals surface area contributed by atoms with Gasteiger partial charge in [0.25, 0.3) is 0 Å². The fraction of sp³-hybridized carbons (Fsp3) is 0.263. The molecule has 3 aromatic rings. The third kappa shape index (κ3) is 4.03. The summed E-state index contributed by atoms with van der Waals surface area (Å²) in [7, 11) is 0. The zero-order valence-electron chi connectivity index (χ0n) is 15.7. The lowest BCUT2D eigenvalue weighted by Crippen LogP contribution is -2.13. The number of aromatic amines is 1. The molecule has 0 unspecified atom stereocenters. The molecule has 9 nitrogen and oxygen atoms in total. The van der Waals surface area contributed by atoms with Crippen LogP contribution >= 0.6 is 0 Å². The number of amides is 1. The Hall–Kier alpha value is -3.62. The number of carbonyl (C=O) groups is 1. The average molecular weight is 378 g/mol. The van der Waals surface area contributed by atoms with Crippen LogP contribution in [0.25, 0.3) is 0 Å². The van der Waals surface area contributed by atoms with E-state index in [4.69, 9.17) is 5.73 Å². The normalized spacial score (nSPS) is 13.2. The van der Waals surface area contributed by atoms with Gasteiger partial charge in [0.1, 0.15) is 0 Å². The predicted octanol–water partition coefficient (Wildman–Crippen LogP) is 3.23. The molecule has 1 amide bonds. The first-order valence-corrected chi connectivity index (χ1v) is 9.09. The largest absolute Gasteiger partial charge is 0.394 e. The van der Waals surface area contributed by atoms with Gasteiger partial charge in [0.05, 0.1) is 11.4 Å². The van der Waals surface area contributed by atoms with E-state index in [1.807, 2.05) is 44.2 Å². The topological polar surface area (TPSA) is 134 Å². The minimum Gasteiger partial charge on any atom is -0.394 e. The van der Waals surface area contributed by atoms with E-state index in [0.717, 1.165) is 29.9 Å². The number of nitrogens with zero attached hydrogens (tertiary/aromatic N) is 3. The van der Waals surface area contributed by atoms with Crippen LogP contribution in [0, 0.1) is 19.8 Å². The Kier molecular flexibility index (Phi) is 4.56. The molecule has 1 aromatic carbocycles. The number of nitrogens with one attached hydrogen (secondary N) is 4. The molecule has 4 rings (SSSR count). The summed E-state index contributed by atoms with van der Waals surface area (Å²) in [6.45, 7) is 3.73. The van der Waals surface area contributed by atoms with Crippen LogP contribution in [0.2, 0.25) is 0 Å². The molecule has 0 spiro atoms. The number of H-pyrrole nitrogens is 1. The van der Waals surface area contributed by atoms with Crippen molar-refractivity contribution >= 4 is 40.6 Å². The second-order valence-corrected chi connectivity index (χ2v) is 6.92. The van der Waals surface area contributed by atoms with Crippen LogP contribution in [0.4, 0.5) is 34.6 Å². The molecule has 1 aliphatic rings. The van der Waals surface area contributed by atoms with Crippen LogP contribution < -0.4 is 21.7 Å². The van der Waals surface area contributed by atoms with Crippen molar-refractivity contribution in [3.63, 3.8) is 0 Å². The summed E-state index contributed by atoms with van der Waals surface area (Å²) < 4.78 is 0. The van der Waals surface area contributed by atoms with Crippen LogP contribution in [0.5, 0.6) is 0 Å². The minimum absolute atomic E-state index is 0.0857. The molecule has 1 aliphatic carbocycles. The monoisotopic (exact) mass is 378 g/mol. The number of nitrogens with two attached hydrogens (primary N) is 1. The quantitative estimate of drug-likeness (QED) is 0.444. The Balaban J connectivity index is 1.48. The Bertz CT molecular complexity index is 1010. The van der Waals surface area contributed by atoms with Crippen molar-refractivity contribution < 1.29 is 4.79 Å². The summed E-state index contributed by atoms with van der Waals surface area (Å²) >= 11 is 0. The van der Waals surface area contributed by atoms with Crippen molar-refractivity contribution in [2.24, 2.45) is 5.92 Å². The highest BCUT2D eigenvalue weighted by Gasteiger charge is 2.29. The Morgan fingerprint density at radius 2 is 1.82 bits per heavy atom. The molecule has 0 radical (unpaired) electrons. The lowest BCUT2D eigenvalue weighted by atomic mass is 10.2. The van der Waals surface area contributed by atoms with E-state index in [1.54, 1.807) is 0 Å². The highest BCUT2D eigenvalue weighted by atomic mass is 16.2.